The molecule has 1 heterocycles. The highest BCUT2D eigenvalue weighted by Gasteiger charge is 2.08. The minimum atomic E-state index is -0.407. The molecule has 27 heavy (non-hydrogen) atoms. The van der Waals surface area contributed by atoms with Gasteiger partial charge in [0, 0.05) is 18.3 Å². The van der Waals surface area contributed by atoms with E-state index in [-0.39, 0.29) is 11.7 Å². The van der Waals surface area contributed by atoms with Crippen molar-refractivity contribution in [3.63, 3.8) is 0 Å². The number of methoxy groups -OCH3 is 1. The van der Waals surface area contributed by atoms with Crippen molar-refractivity contribution in [2.75, 3.05) is 7.11 Å². The van der Waals surface area contributed by atoms with E-state index in [2.05, 4.69) is 15.0 Å². The second-order valence-electron chi connectivity index (χ2n) is 5.81. The summed E-state index contributed by atoms with van der Waals surface area (Å²) < 4.78 is 17.9. The number of carbonyl (C=O) groups excluding carboxylic acids is 2. The van der Waals surface area contributed by atoms with Gasteiger partial charge < -0.3 is 10.1 Å². The summed E-state index contributed by atoms with van der Waals surface area (Å²) in [5.74, 6) is -1.02. The number of nitrogens with one attached hydrogen (secondary N) is 1. The fourth-order valence-corrected chi connectivity index (χ4v) is 2.51. The van der Waals surface area contributed by atoms with E-state index in [0.29, 0.717) is 28.9 Å². The number of hydrogen-bond donors (Lipinski definition) is 1. The Morgan fingerprint density at radius 2 is 1.78 bits per heavy atom. The summed E-state index contributed by atoms with van der Waals surface area (Å²) in [6.45, 7) is 0.311. The minimum Gasteiger partial charge on any atom is -0.465 e. The highest BCUT2D eigenvalue weighted by molar-refractivity contribution is 5.94. The van der Waals surface area contributed by atoms with E-state index in [1.807, 2.05) is 0 Å². The predicted molar refractivity (Wildman–Crippen MR) is 98.6 cm³/mol. The first-order valence-corrected chi connectivity index (χ1v) is 8.24. The van der Waals surface area contributed by atoms with Crippen molar-refractivity contribution in [3.8, 4) is 11.3 Å². The van der Waals surface area contributed by atoms with Gasteiger partial charge in [0.1, 0.15) is 5.82 Å². The summed E-state index contributed by atoms with van der Waals surface area (Å²) >= 11 is 0. The van der Waals surface area contributed by atoms with E-state index < -0.39 is 5.97 Å². The first-order chi connectivity index (χ1) is 13.1. The van der Waals surface area contributed by atoms with Crippen molar-refractivity contribution in [1.82, 2.24) is 10.3 Å². The third kappa shape index (κ3) is 4.55. The third-order valence-electron chi connectivity index (χ3n) is 3.97. The minimum absolute atomic E-state index is 0.273. The van der Waals surface area contributed by atoms with Gasteiger partial charge in [-0.1, -0.05) is 24.3 Å². The molecule has 5 nitrogen and oxygen atoms in total. The Morgan fingerprint density at radius 1 is 1.04 bits per heavy atom. The molecule has 136 valence electrons. The van der Waals surface area contributed by atoms with Gasteiger partial charge in [-0.2, -0.15) is 0 Å². The molecule has 2 aromatic carbocycles. The number of hydrogen-bond acceptors (Lipinski definition) is 4. The molecule has 0 aliphatic heterocycles. The van der Waals surface area contributed by atoms with E-state index >= 15 is 0 Å². The SMILES string of the molecule is COC(=O)c1ccc(CNC(=O)c2ccc(-c3cccc(F)c3)nc2)cc1. The highest BCUT2D eigenvalue weighted by Crippen LogP contribution is 2.18. The van der Waals surface area contributed by atoms with Crippen LogP contribution in [0.2, 0.25) is 0 Å². The van der Waals surface area contributed by atoms with Gasteiger partial charge in [0.25, 0.3) is 5.91 Å². The van der Waals surface area contributed by atoms with E-state index in [9.17, 15) is 14.0 Å². The summed E-state index contributed by atoms with van der Waals surface area (Å²) in [7, 11) is 1.32. The molecular formula is C21H17FN2O3. The second kappa shape index (κ2) is 8.23. The van der Waals surface area contributed by atoms with Gasteiger partial charge in [-0.25, -0.2) is 9.18 Å². The number of ether oxygens (including phenoxy) is 1. The van der Waals surface area contributed by atoms with E-state index in [4.69, 9.17) is 0 Å². The lowest BCUT2D eigenvalue weighted by atomic mass is 10.1. The summed E-state index contributed by atoms with van der Waals surface area (Å²) in [4.78, 5) is 27.9. The Labute approximate surface area is 155 Å². The quantitative estimate of drug-likeness (QED) is 0.703. The molecule has 0 spiro atoms. The fourth-order valence-electron chi connectivity index (χ4n) is 2.51. The molecule has 0 unspecified atom stereocenters. The van der Waals surface area contributed by atoms with E-state index in [1.165, 1.54) is 25.4 Å². The van der Waals surface area contributed by atoms with Gasteiger partial charge in [-0.05, 0) is 42.0 Å². The molecule has 0 radical (unpaired) electrons. The fraction of sp³-hybridized carbons (Fsp3) is 0.0952. The zero-order chi connectivity index (χ0) is 19.2. The third-order valence-corrected chi connectivity index (χ3v) is 3.97. The van der Waals surface area contributed by atoms with E-state index in [1.54, 1.807) is 48.5 Å². The molecule has 0 saturated carbocycles. The number of esters is 1. The number of carbonyl (C=O) groups is 2. The standard InChI is InChI=1S/C21H17FN2O3/c1-27-21(26)15-7-5-14(6-8-15)12-24-20(25)17-9-10-19(23-13-17)16-3-2-4-18(22)11-16/h2-11,13H,12H2,1H3,(H,24,25). The molecular weight excluding hydrogens is 347 g/mol. The van der Waals surface area contributed by atoms with Crippen LogP contribution < -0.4 is 5.32 Å². The number of pyridine rings is 1. The number of halogens is 1. The summed E-state index contributed by atoms with van der Waals surface area (Å²) in [5.41, 5.74) is 2.93. The highest BCUT2D eigenvalue weighted by atomic mass is 19.1. The van der Waals surface area contributed by atoms with Gasteiger partial charge in [-0.15, -0.1) is 0 Å². The molecule has 1 amide bonds. The first-order valence-electron chi connectivity index (χ1n) is 8.24. The molecule has 6 heteroatoms. The molecule has 0 saturated heterocycles. The normalized spacial score (nSPS) is 10.3. The Morgan fingerprint density at radius 3 is 2.41 bits per heavy atom. The van der Waals surface area contributed by atoms with Crippen LogP contribution in [0.25, 0.3) is 11.3 Å². The largest absolute Gasteiger partial charge is 0.465 e. The van der Waals surface area contributed by atoms with Crippen LogP contribution in [0, 0.1) is 5.82 Å². The van der Waals surface area contributed by atoms with Crippen LogP contribution in [0.3, 0.4) is 0 Å². The Balaban J connectivity index is 1.62. The lowest BCUT2D eigenvalue weighted by molar-refractivity contribution is 0.0600. The van der Waals surface area contributed by atoms with Gasteiger partial charge >= 0.3 is 5.97 Å². The topological polar surface area (TPSA) is 68.3 Å². The zero-order valence-corrected chi connectivity index (χ0v) is 14.6. The van der Waals surface area contributed by atoms with Crippen LogP contribution >= 0.6 is 0 Å². The molecule has 0 bridgehead atoms. The molecule has 0 aliphatic carbocycles. The van der Waals surface area contributed by atoms with Crippen LogP contribution in [-0.2, 0) is 11.3 Å². The maximum absolute atomic E-state index is 13.3. The first kappa shape index (κ1) is 18.3. The van der Waals surface area contributed by atoms with Crippen molar-refractivity contribution in [2.24, 2.45) is 0 Å². The lowest BCUT2D eigenvalue weighted by Crippen LogP contribution is -2.22. The number of rotatable bonds is 5. The predicted octanol–water partition coefficient (Wildman–Crippen LogP) is 3.60. The Kier molecular flexibility index (Phi) is 5.56. The van der Waals surface area contributed by atoms with Gasteiger partial charge in [0.05, 0.1) is 23.9 Å². The molecule has 0 atom stereocenters. The summed E-state index contributed by atoms with van der Waals surface area (Å²) in [5, 5.41) is 2.79. The van der Waals surface area contributed by atoms with Gasteiger partial charge in [0.15, 0.2) is 0 Å². The van der Waals surface area contributed by atoms with Crippen molar-refractivity contribution >= 4 is 11.9 Å². The summed E-state index contributed by atoms with van der Waals surface area (Å²) in [6.07, 6.45) is 1.45. The maximum atomic E-state index is 13.3. The molecule has 3 aromatic rings. The average Bonchev–Trinajstić information content (AvgIpc) is 2.72. The summed E-state index contributed by atoms with van der Waals surface area (Å²) in [6, 6.07) is 16.2. The second-order valence-corrected chi connectivity index (χ2v) is 5.81. The van der Waals surface area contributed by atoms with Crippen molar-refractivity contribution in [1.29, 1.82) is 0 Å². The molecule has 1 aromatic heterocycles. The molecule has 0 fully saturated rings. The van der Waals surface area contributed by atoms with Crippen molar-refractivity contribution < 1.29 is 18.7 Å². The van der Waals surface area contributed by atoms with Crippen LogP contribution in [0.15, 0.2) is 66.9 Å². The number of benzene rings is 2. The molecule has 1 N–H and O–H groups in total. The monoisotopic (exact) mass is 364 g/mol. The molecule has 0 aliphatic rings. The zero-order valence-electron chi connectivity index (χ0n) is 14.6. The average molecular weight is 364 g/mol. The Hall–Kier alpha value is -3.54. The van der Waals surface area contributed by atoms with Crippen LogP contribution in [0.1, 0.15) is 26.3 Å². The van der Waals surface area contributed by atoms with Gasteiger partial charge in [0.2, 0.25) is 0 Å². The van der Waals surface area contributed by atoms with Crippen molar-refractivity contribution in [3.05, 3.63) is 89.4 Å². The Bertz CT molecular complexity index is 954. The van der Waals surface area contributed by atoms with Crippen LogP contribution in [0.5, 0.6) is 0 Å². The van der Waals surface area contributed by atoms with E-state index in [0.717, 1.165) is 5.56 Å². The van der Waals surface area contributed by atoms with Gasteiger partial charge in [-0.3, -0.25) is 9.78 Å². The number of nitrogens with zero attached hydrogens (tertiary/aromatic N) is 1. The maximum Gasteiger partial charge on any atom is 0.337 e. The van der Waals surface area contributed by atoms with Crippen LogP contribution in [-0.4, -0.2) is 24.0 Å². The number of aromatic nitrogens is 1. The van der Waals surface area contributed by atoms with Crippen LogP contribution in [0.4, 0.5) is 4.39 Å². The lowest BCUT2D eigenvalue weighted by Gasteiger charge is -2.07. The molecule has 3 rings (SSSR count). The number of amides is 1. The smallest absolute Gasteiger partial charge is 0.337 e. The van der Waals surface area contributed by atoms with Crippen molar-refractivity contribution in [2.45, 2.75) is 6.54 Å².